The van der Waals surface area contributed by atoms with Gasteiger partial charge in [0.05, 0.1) is 19.6 Å². The number of ether oxygens (including phenoxy) is 1. The van der Waals surface area contributed by atoms with E-state index in [-0.39, 0.29) is 24.5 Å². The molecule has 1 heterocycles. The molecule has 0 amide bonds. The normalized spacial score (nSPS) is 25.4. The molecular formula is C12H22F2N2O2. The van der Waals surface area contributed by atoms with E-state index in [1.807, 2.05) is 0 Å². The van der Waals surface area contributed by atoms with Crippen LogP contribution in [0, 0.1) is 5.92 Å². The number of piperidine rings is 1. The van der Waals surface area contributed by atoms with E-state index in [4.69, 9.17) is 4.74 Å². The van der Waals surface area contributed by atoms with Crippen molar-refractivity contribution in [1.29, 1.82) is 0 Å². The van der Waals surface area contributed by atoms with Crippen LogP contribution in [-0.4, -0.2) is 56.6 Å². The Morgan fingerprint density at radius 1 is 1.50 bits per heavy atom. The van der Waals surface area contributed by atoms with Crippen LogP contribution in [0.1, 0.15) is 19.8 Å². The highest BCUT2D eigenvalue weighted by molar-refractivity contribution is 5.72. The second kappa shape index (κ2) is 7.63. The molecule has 18 heavy (non-hydrogen) atoms. The molecule has 0 aromatic rings. The van der Waals surface area contributed by atoms with Gasteiger partial charge in [-0.2, -0.15) is 0 Å². The topological polar surface area (TPSA) is 41.6 Å². The van der Waals surface area contributed by atoms with E-state index >= 15 is 0 Å². The van der Waals surface area contributed by atoms with Crippen molar-refractivity contribution in [2.45, 2.75) is 32.2 Å². The minimum Gasteiger partial charge on any atom is -0.469 e. The van der Waals surface area contributed by atoms with Crippen molar-refractivity contribution in [1.82, 2.24) is 10.2 Å². The Morgan fingerprint density at radius 3 is 2.78 bits per heavy atom. The molecule has 0 radical (unpaired) electrons. The maximum absolute atomic E-state index is 12.2. The molecule has 6 heteroatoms. The number of halogens is 2. The molecule has 1 aliphatic rings. The van der Waals surface area contributed by atoms with Crippen LogP contribution in [0.3, 0.4) is 0 Å². The number of esters is 1. The van der Waals surface area contributed by atoms with Crippen molar-refractivity contribution in [2.24, 2.45) is 5.92 Å². The van der Waals surface area contributed by atoms with Gasteiger partial charge in [-0.05, 0) is 19.4 Å². The molecule has 1 fully saturated rings. The van der Waals surface area contributed by atoms with Crippen LogP contribution in [0.15, 0.2) is 0 Å². The SMILES string of the molecule is CCCN1CC(NCC(F)F)CC(C(=O)OC)C1. The molecule has 0 spiro atoms. The van der Waals surface area contributed by atoms with Crippen LogP contribution < -0.4 is 5.32 Å². The average Bonchev–Trinajstić information content (AvgIpc) is 2.35. The number of methoxy groups -OCH3 is 1. The Bertz CT molecular complexity index is 264. The van der Waals surface area contributed by atoms with Crippen LogP contribution in [0.4, 0.5) is 8.78 Å². The van der Waals surface area contributed by atoms with E-state index in [0.29, 0.717) is 19.5 Å². The Balaban J connectivity index is 2.53. The number of nitrogens with one attached hydrogen (secondary N) is 1. The van der Waals surface area contributed by atoms with Crippen LogP contribution in [0.2, 0.25) is 0 Å². The standard InChI is InChI=1S/C12H22F2N2O2/c1-3-4-16-7-9(12(17)18-2)5-10(8-16)15-6-11(13)14/h9-11,15H,3-8H2,1-2H3. The van der Waals surface area contributed by atoms with Gasteiger partial charge in [0.15, 0.2) is 0 Å². The number of hydrogen-bond acceptors (Lipinski definition) is 4. The second-order valence-corrected chi connectivity index (χ2v) is 4.71. The fraction of sp³-hybridized carbons (Fsp3) is 0.917. The van der Waals surface area contributed by atoms with E-state index < -0.39 is 6.43 Å². The zero-order valence-electron chi connectivity index (χ0n) is 11.0. The lowest BCUT2D eigenvalue weighted by Crippen LogP contribution is -2.52. The minimum absolute atomic E-state index is 0.0663. The fourth-order valence-corrected chi connectivity index (χ4v) is 2.43. The van der Waals surface area contributed by atoms with Gasteiger partial charge in [-0.3, -0.25) is 4.79 Å². The first-order chi connectivity index (χ1) is 8.56. The fourth-order valence-electron chi connectivity index (χ4n) is 2.43. The Kier molecular flexibility index (Phi) is 6.49. The number of carbonyl (C=O) groups excluding carboxylic acids is 1. The van der Waals surface area contributed by atoms with Crippen LogP contribution in [0.5, 0.6) is 0 Å². The van der Waals surface area contributed by atoms with Gasteiger partial charge in [0, 0.05) is 19.1 Å². The maximum atomic E-state index is 12.2. The highest BCUT2D eigenvalue weighted by atomic mass is 19.3. The van der Waals surface area contributed by atoms with Gasteiger partial charge in [-0.1, -0.05) is 6.92 Å². The molecule has 0 aromatic carbocycles. The van der Waals surface area contributed by atoms with Crippen molar-refractivity contribution in [3.05, 3.63) is 0 Å². The number of alkyl halides is 2. The summed E-state index contributed by atoms with van der Waals surface area (Å²) in [6.45, 7) is 3.99. The molecule has 1 saturated heterocycles. The number of rotatable bonds is 6. The van der Waals surface area contributed by atoms with E-state index in [9.17, 15) is 13.6 Å². The molecule has 2 atom stereocenters. The van der Waals surface area contributed by atoms with Crippen molar-refractivity contribution >= 4 is 5.97 Å². The molecule has 1 aliphatic heterocycles. The summed E-state index contributed by atoms with van der Waals surface area (Å²) in [5.41, 5.74) is 0. The first-order valence-corrected chi connectivity index (χ1v) is 6.38. The summed E-state index contributed by atoms with van der Waals surface area (Å²) in [6, 6.07) is -0.0663. The monoisotopic (exact) mass is 264 g/mol. The summed E-state index contributed by atoms with van der Waals surface area (Å²) in [5.74, 6) is -0.467. The molecule has 0 aromatic heterocycles. The smallest absolute Gasteiger partial charge is 0.310 e. The van der Waals surface area contributed by atoms with Crippen LogP contribution in [-0.2, 0) is 9.53 Å². The first kappa shape index (κ1) is 15.3. The van der Waals surface area contributed by atoms with Crippen molar-refractivity contribution in [3.63, 3.8) is 0 Å². The molecule has 106 valence electrons. The summed E-state index contributed by atoms with van der Waals surface area (Å²) in [4.78, 5) is 13.7. The van der Waals surface area contributed by atoms with Crippen molar-refractivity contribution < 1.29 is 18.3 Å². The van der Waals surface area contributed by atoms with Gasteiger partial charge in [-0.25, -0.2) is 8.78 Å². The summed E-state index contributed by atoms with van der Waals surface area (Å²) < 4.78 is 29.1. The van der Waals surface area contributed by atoms with Crippen LogP contribution in [0.25, 0.3) is 0 Å². The lowest BCUT2D eigenvalue weighted by molar-refractivity contribution is -0.147. The summed E-state index contributed by atoms with van der Waals surface area (Å²) in [7, 11) is 1.36. The number of likely N-dealkylation sites (tertiary alicyclic amines) is 1. The number of nitrogens with zero attached hydrogens (tertiary/aromatic N) is 1. The lowest BCUT2D eigenvalue weighted by Gasteiger charge is -2.36. The Hall–Kier alpha value is -0.750. The molecule has 0 aliphatic carbocycles. The minimum atomic E-state index is -2.36. The van der Waals surface area contributed by atoms with E-state index in [2.05, 4.69) is 17.1 Å². The second-order valence-electron chi connectivity index (χ2n) is 4.71. The van der Waals surface area contributed by atoms with Gasteiger partial charge < -0.3 is 15.0 Å². The third-order valence-corrected chi connectivity index (χ3v) is 3.16. The zero-order chi connectivity index (χ0) is 13.5. The number of carbonyl (C=O) groups is 1. The molecule has 4 nitrogen and oxygen atoms in total. The average molecular weight is 264 g/mol. The van der Waals surface area contributed by atoms with E-state index in [0.717, 1.165) is 13.0 Å². The third kappa shape index (κ3) is 4.86. The highest BCUT2D eigenvalue weighted by Gasteiger charge is 2.31. The highest BCUT2D eigenvalue weighted by Crippen LogP contribution is 2.18. The predicted molar refractivity (Wildman–Crippen MR) is 64.6 cm³/mol. The zero-order valence-corrected chi connectivity index (χ0v) is 11.0. The molecular weight excluding hydrogens is 242 g/mol. The van der Waals surface area contributed by atoms with Gasteiger partial charge in [-0.15, -0.1) is 0 Å². The Labute approximate surface area is 107 Å². The number of hydrogen-bond donors (Lipinski definition) is 1. The lowest BCUT2D eigenvalue weighted by atomic mass is 9.94. The molecule has 1 rings (SSSR count). The summed E-state index contributed by atoms with van der Waals surface area (Å²) in [5, 5.41) is 2.82. The van der Waals surface area contributed by atoms with Crippen molar-refractivity contribution in [3.8, 4) is 0 Å². The van der Waals surface area contributed by atoms with Gasteiger partial charge >= 0.3 is 5.97 Å². The summed E-state index contributed by atoms with van der Waals surface area (Å²) >= 11 is 0. The third-order valence-electron chi connectivity index (χ3n) is 3.16. The van der Waals surface area contributed by atoms with E-state index in [1.54, 1.807) is 0 Å². The van der Waals surface area contributed by atoms with Crippen molar-refractivity contribution in [2.75, 3.05) is 33.3 Å². The van der Waals surface area contributed by atoms with Crippen LogP contribution >= 0.6 is 0 Å². The molecule has 2 unspecified atom stereocenters. The van der Waals surface area contributed by atoms with Gasteiger partial charge in [0.25, 0.3) is 6.43 Å². The largest absolute Gasteiger partial charge is 0.469 e. The predicted octanol–water partition coefficient (Wildman–Crippen LogP) is 1.11. The molecule has 1 N–H and O–H groups in total. The van der Waals surface area contributed by atoms with E-state index in [1.165, 1.54) is 7.11 Å². The molecule has 0 saturated carbocycles. The molecule has 0 bridgehead atoms. The Morgan fingerprint density at radius 2 is 2.22 bits per heavy atom. The van der Waals surface area contributed by atoms with Gasteiger partial charge in [0.1, 0.15) is 0 Å². The quantitative estimate of drug-likeness (QED) is 0.730. The summed E-state index contributed by atoms with van der Waals surface area (Å²) in [6.07, 6.45) is -0.808. The first-order valence-electron chi connectivity index (χ1n) is 6.38. The van der Waals surface area contributed by atoms with Gasteiger partial charge in [0.2, 0.25) is 0 Å². The maximum Gasteiger partial charge on any atom is 0.310 e.